The summed E-state index contributed by atoms with van der Waals surface area (Å²) >= 11 is 0. The second-order valence-electron chi connectivity index (χ2n) is 6.51. The lowest BCUT2D eigenvalue weighted by Gasteiger charge is -2.12. The van der Waals surface area contributed by atoms with Gasteiger partial charge in [0.25, 0.3) is 0 Å². The lowest BCUT2D eigenvalue weighted by Crippen LogP contribution is -2.06. The number of fused-ring (bicyclic) bond motifs is 1. The lowest BCUT2D eigenvalue weighted by molar-refractivity contribution is -0.137. The van der Waals surface area contributed by atoms with E-state index in [2.05, 4.69) is 15.3 Å². The molecule has 4 rings (SSSR count). The first-order valence-corrected chi connectivity index (χ1v) is 8.81. The molecule has 0 amide bonds. The molecule has 0 spiro atoms. The molecular weight excluding hydrogens is 382 g/mol. The van der Waals surface area contributed by atoms with Crippen molar-refractivity contribution in [2.24, 2.45) is 0 Å². The average molecular weight is 397 g/mol. The lowest BCUT2D eigenvalue weighted by atomic mass is 10.1. The molecule has 0 saturated heterocycles. The first-order valence-electron chi connectivity index (χ1n) is 8.81. The molecule has 0 saturated carbocycles. The standard InChI is InChI=1S/C22H15F4N3/c23-18-10-16(9-17(11-18)22(24,25)26)19-7-6-15-4-1-5-20(21(15)29-19)28-13-14-3-2-8-27-12-14/h1-12,28H,13H2. The summed E-state index contributed by atoms with van der Waals surface area (Å²) in [6.45, 7) is 0.511. The van der Waals surface area contributed by atoms with Gasteiger partial charge in [-0.2, -0.15) is 13.2 Å². The normalized spacial score (nSPS) is 11.6. The summed E-state index contributed by atoms with van der Waals surface area (Å²) in [6.07, 6.45) is -1.21. The summed E-state index contributed by atoms with van der Waals surface area (Å²) in [4.78, 5) is 8.58. The molecule has 2 aromatic heterocycles. The van der Waals surface area contributed by atoms with Gasteiger partial charge in [-0.1, -0.05) is 24.3 Å². The van der Waals surface area contributed by atoms with Crippen molar-refractivity contribution in [3.8, 4) is 11.3 Å². The summed E-state index contributed by atoms with van der Waals surface area (Å²) in [6, 6.07) is 15.1. The highest BCUT2D eigenvalue weighted by molar-refractivity contribution is 5.92. The van der Waals surface area contributed by atoms with Crippen molar-refractivity contribution in [2.75, 3.05) is 5.32 Å². The predicted octanol–water partition coefficient (Wildman–Crippen LogP) is 6.07. The van der Waals surface area contributed by atoms with E-state index in [1.165, 1.54) is 0 Å². The zero-order valence-corrected chi connectivity index (χ0v) is 15.0. The second-order valence-corrected chi connectivity index (χ2v) is 6.51. The fraction of sp³-hybridized carbons (Fsp3) is 0.0909. The first kappa shape index (κ1) is 18.9. The van der Waals surface area contributed by atoms with E-state index in [1.54, 1.807) is 24.5 Å². The van der Waals surface area contributed by atoms with Crippen LogP contribution in [0.4, 0.5) is 23.2 Å². The van der Waals surface area contributed by atoms with Gasteiger partial charge in [0.2, 0.25) is 0 Å². The van der Waals surface area contributed by atoms with Gasteiger partial charge in [0.05, 0.1) is 22.5 Å². The monoisotopic (exact) mass is 397 g/mol. The van der Waals surface area contributed by atoms with Gasteiger partial charge in [-0.3, -0.25) is 4.98 Å². The van der Waals surface area contributed by atoms with Crippen molar-refractivity contribution in [2.45, 2.75) is 12.7 Å². The molecule has 0 atom stereocenters. The summed E-state index contributed by atoms with van der Waals surface area (Å²) in [5.41, 5.74) is 1.57. The van der Waals surface area contributed by atoms with E-state index in [1.807, 2.05) is 30.3 Å². The van der Waals surface area contributed by atoms with Crippen molar-refractivity contribution in [1.29, 1.82) is 0 Å². The van der Waals surface area contributed by atoms with Crippen LogP contribution in [0.15, 0.2) is 73.1 Å². The van der Waals surface area contributed by atoms with Crippen LogP contribution in [0.2, 0.25) is 0 Å². The number of hydrogen-bond donors (Lipinski definition) is 1. The number of hydrogen-bond acceptors (Lipinski definition) is 3. The van der Waals surface area contributed by atoms with Crippen LogP contribution in [0, 0.1) is 5.82 Å². The molecule has 0 unspecified atom stereocenters. The van der Waals surface area contributed by atoms with Gasteiger partial charge in [0, 0.05) is 29.9 Å². The van der Waals surface area contributed by atoms with Crippen molar-refractivity contribution in [3.63, 3.8) is 0 Å². The quantitative estimate of drug-likeness (QED) is 0.425. The van der Waals surface area contributed by atoms with Crippen LogP contribution < -0.4 is 5.32 Å². The van der Waals surface area contributed by atoms with E-state index in [9.17, 15) is 17.6 Å². The minimum absolute atomic E-state index is 0.0706. The minimum Gasteiger partial charge on any atom is -0.379 e. The number of anilines is 1. The largest absolute Gasteiger partial charge is 0.416 e. The Morgan fingerprint density at radius 2 is 1.79 bits per heavy atom. The number of rotatable bonds is 4. The van der Waals surface area contributed by atoms with Gasteiger partial charge >= 0.3 is 6.18 Å². The molecule has 0 radical (unpaired) electrons. The van der Waals surface area contributed by atoms with Crippen molar-refractivity contribution >= 4 is 16.6 Å². The molecule has 29 heavy (non-hydrogen) atoms. The van der Waals surface area contributed by atoms with Crippen LogP contribution in [0.3, 0.4) is 0 Å². The maximum Gasteiger partial charge on any atom is 0.416 e. The summed E-state index contributed by atoms with van der Waals surface area (Å²) in [5, 5.41) is 4.09. The third-order valence-electron chi connectivity index (χ3n) is 4.45. The number of nitrogens with one attached hydrogen (secondary N) is 1. The Balaban J connectivity index is 1.73. The van der Waals surface area contributed by atoms with Gasteiger partial charge < -0.3 is 5.32 Å². The van der Waals surface area contributed by atoms with Crippen LogP contribution in [0.5, 0.6) is 0 Å². The highest BCUT2D eigenvalue weighted by Crippen LogP contribution is 2.33. The fourth-order valence-corrected chi connectivity index (χ4v) is 3.05. The first-order chi connectivity index (χ1) is 13.9. The third-order valence-corrected chi connectivity index (χ3v) is 4.45. The molecule has 4 aromatic rings. The van der Waals surface area contributed by atoms with E-state index in [-0.39, 0.29) is 11.3 Å². The van der Waals surface area contributed by atoms with E-state index in [0.717, 1.165) is 28.8 Å². The van der Waals surface area contributed by atoms with Crippen molar-refractivity contribution < 1.29 is 17.6 Å². The van der Waals surface area contributed by atoms with Gasteiger partial charge in [-0.15, -0.1) is 0 Å². The Morgan fingerprint density at radius 1 is 0.931 bits per heavy atom. The Labute approximate surface area is 164 Å². The van der Waals surface area contributed by atoms with E-state index >= 15 is 0 Å². The van der Waals surface area contributed by atoms with Crippen LogP contribution in [0.1, 0.15) is 11.1 Å². The number of aromatic nitrogens is 2. The molecule has 3 nitrogen and oxygen atoms in total. The molecule has 146 valence electrons. The number of halogens is 4. The predicted molar refractivity (Wildman–Crippen MR) is 104 cm³/mol. The van der Waals surface area contributed by atoms with Gasteiger partial charge in [-0.25, -0.2) is 9.37 Å². The van der Waals surface area contributed by atoms with Gasteiger partial charge in [-0.05, 0) is 42.0 Å². The number of pyridine rings is 2. The molecule has 0 aliphatic rings. The Bertz CT molecular complexity index is 1160. The number of alkyl halides is 3. The summed E-state index contributed by atoms with van der Waals surface area (Å²) in [5.74, 6) is -0.959. The molecule has 7 heteroatoms. The van der Waals surface area contributed by atoms with Crippen LogP contribution in [-0.4, -0.2) is 9.97 Å². The van der Waals surface area contributed by atoms with Crippen LogP contribution in [0.25, 0.3) is 22.2 Å². The summed E-state index contributed by atoms with van der Waals surface area (Å²) in [7, 11) is 0. The number of benzene rings is 2. The smallest absolute Gasteiger partial charge is 0.379 e. The van der Waals surface area contributed by atoms with Gasteiger partial charge in [0.1, 0.15) is 5.82 Å². The Hall–Kier alpha value is -3.48. The van der Waals surface area contributed by atoms with Crippen molar-refractivity contribution in [1.82, 2.24) is 9.97 Å². The topological polar surface area (TPSA) is 37.8 Å². The molecule has 0 fully saturated rings. The highest BCUT2D eigenvalue weighted by atomic mass is 19.4. The SMILES string of the molecule is Fc1cc(-c2ccc3cccc(NCc4cccnc4)c3n2)cc(C(F)(F)F)c1. The third kappa shape index (κ3) is 4.18. The Morgan fingerprint density at radius 3 is 2.55 bits per heavy atom. The molecule has 2 aromatic carbocycles. The van der Waals surface area contributed by atoms with Crippen LogP contribution in [-0.2, 0) is 12.7 Å². The average Bonchev–Trinajstić information content (AvgIpc) is 2.71. The molecule has 2 heterocycles. The number of nitrogens with zero attached hydrogens (tertiary/aromatic N) is 2. The highest BCUT2D eigenvalue weighted by Gasteiger charge is 2.31. The molecule has 0 aliphatic heterocycles. The van der Waals surface area contributed by atoms with Crippen LogP contribution >= 0.6 is 0 Å². The minimum atomic E-state index is -4.63. The molecule has 0 bridgehead atoms. The molecule has 1 N–H and O–H groups in total. The molecule has 0 aliphatic carbocycles. The zero-order chi connectivity index (χ0) is 20.4. The maximum absolute atomic E-state index is 13.8. The van der Waals surface area contributed by atoms with Gasteiger partial charge in [0.15, 0.2) is 0 Å². The number of para-hydroxylation sites is 1. The molecular formula is C22H15F4N3. The summed E-state index contributed by atoms with van der Waals surface area (Å²) < 4.78 is 52.9. The maximum atomic E-state index is 13.8. The zero-order valence-electron chi connectivity index (χ0n) is 15.0. The van der Waals surface area contributed by atoms with Crippen molar-refractivity contribution in [3.05, 3.63) is 90.0 Å². The second kappa shape index (κ2) is 7.50. The van der Waals surface area contributed by atoms with E-state index < -0.39 is 17.6 Å². The van der Waals surface area contributed by atoms with E-state index in [0.29, 0.717) is 18.1 Å². The van der Waals surface area contributed by atoms with E-state index in [4.69, 9.17) is 0 Å². The Kier molecular flexibility index (Phi) is 4.88. The fourth-order valence-electron chi connectivity index (χ4n) is 3.05.